The van der Waals surface area contributed by atoms with Gasteiger partial charge in [-0.2, -0.15) is 11.8 Å². The number of benzene rings is 2. The summed E-state index contributed by atoms with van der Waals surface area (Å²) in [7, 11) is 0. The number of nitrogens with one attached hydrogen (secondary N) is 8. The Bertz CT molecular complexity index is 1790. The zero-order valence-corrected chi connectivity index (χ0v) is 37.4. The molecule has 4 rings (SSSR count). The van der Waals surface area contributed by atoms with Crippen LogP contribution in [0.2, 0.25) is 0 Å². The molecule has 2 aromatic carbocycles. The van der Waals surface area contributed by atoms with Gasteiger partial charge in [-0.1, -0.05) is 18.6 Å². The summed E-state index contributed by atoms with van der Waals surface area (Å²) < 4.78 is 10.6. The number of anilines is 4. The summed E-state index contributed by atoms with van der Waals surface area (Å²) in [4.78, 5) is 89.2. The molecule has 2 aliphatic heterocycles. The standard InChI is InChI=1S/C43H63N9O9S/c1-42(2,3)60-40(58)48-30-13-9-11-28(25-30)46-36(55)18-22-52(23-19-37(56)47-29-12-10-14-31(26-29)49-41(59)61-43(4,5)6)24-21-45-35(54)17-20-44-34(53)16-8-7-15-33-38-32(27-62-33)50-39(57)51-38/h9-14,25-26,32-33,38H,7-8,15-24,27H2,1-6H3,(H,44,53)(H,45,54)(H,46,55)(H,47,56)(H,48,58)(H,49,59)(H2,50,51,57)/t32-,33?,38-/m1/s1. The normalized spacial score (nSPS) is 16.9. The van der Waals surface area contributed by atoms with Crippen LogP contribution in [0.25, 0.3) is 0 Å². The van der Waals surface area contributed by atoms with Gasteiger partial charge in [0.15, 0.2) is 0 Å². The smallest absolute Gasteiger partial charge is 0.412 e. The van der Waals surface area contributed by atoms with E-state index in [0.717, 1.165) is 25.0 Å². The molecule has 340 valence electrons. The van der Waals surface area contributed by atoms with Crippen LogP contribution >= 0.6 is 11.8 Å². The topological polar surface area (TPSA) is 237 Å². The summed E-state index contributed by atoms with van der Waals surface area (Å²) in [6.45, 7) is 11.9. The number of hydrogen-bond acceptors (Lipinski definition) is 11. The summed E-state index contributed by atoms with van der Waals surface area (Å²) in [5.74, 6) is -0.0697. The van der Waals surface area contributed by atoms with Gasteiger partial charge in [0.1, 0.15) is 11.2 Å². The van der Waals surface area contributed by atoms with Gasteiger partial charge in [0.2, 0.25) is 23.6 Å². The molecule has 1 unspecified atom stereocenters. The third-order valence-corrected chi connectivity index (χ3v) is 10.9. The SMILES string of the molecule is CC(C)(C)OC(=O)Nc1cccc(NC(=O)CCN(CCNC(=O)CCNC(=O)CCCCC2SC[C@H]3NC(=O)N[C@@H]23)CCC(=O)Nc2cccc(NC(=O)OC(C)(C)C)c2)c1. The fraction of sp³-hybridized carbons (Fsp3) is 0.558. The molecule has 2 aromatic rings. The lowest BCUT2D eigenvalue weighted by atomic mass is 10.0. The molecule has 3 atom stereocenters. The monoisotopic (exact) mass is 881 g/mol. The van der Waals surface area contributed by atoms with E-state index in [1.165, 1.54) is 0 Å². The second-order valence-electron chi connectivity index (χ2n) is 17.2. The molecule has 0 aromatic heterocycles. The van der Waals surface area contributed by atoms with Crippen LogP contribution < -0.4 is 42.5 Å². The van der Waals surface area contributed by atoms with Gasteiger partial charge in [0, 0.05) is 92.2 Å². The van der Waals surface area contributed by atoms with Gasteiger partial charge < -0.3 is 46.3 Å². The summed E-state index contributed by atoms with van der Waals surface area (Å²) >= 11 is 1.85. The molecule has 0 bridgehead atoms. The highest BCUT2D eigenvalue weighted by molar-refractivity contribution is 8.00. The van der Waals surface area contributed by atoms with Crippen LogP contribution in [0.4, 0.5) is 37.1 Å². The number of nitrogens with zero attached hydrogens (tertiary/aromatic N) is 1. The maximum Gasteiger partial charge on any atom is 0.412 e. The van der Waals surface area contributed by atoms with E-state index in [0.29, 0.717) is 41.0 Å². The number of amides is 8. The van der Waals surface area contributed by atoms with Crippen molar-refractivity contribution in [2.24, 2.45) is 0 Å². The number of carbonyl (C=O) groups is 7. The maximum atomic E-state index is 13.1. The fourth-order valence-electron chi connectivity index (χ4n) is 6.61. The van der Waals surface area contributed by atoms with Crippen LogP contribution in [-0.4, -0.2) is 114 Å². The first-order valence-corrected chi connectivity index (χ1v) is 22.1. The van der Waals surface area contributed by atoms with Crippen LogP contribution in [0.3, 0.4) is 0 Å². The molecular weight excluding hydrogens is 819 g/mol. The van der Waals surface area contributed by atoms with Gasteiger partial charge in [-0.25, -0.2) is 14.4 Å². The van der Waals surface area contributed by atoms with E-state index in [9.17, 15) is 33.6 Å². The fourth-order valence-corrected chi connectivity index (χ4v) is 8.16. The first-order valence-electron chi connectivity index (χ1n) is 21.0. The number of urea groups is 1. The second-order valence-corrected chi connectivity index (χ2v) is 18.4. The average molecular weight is 882 g/mol. The molecule has 0 saturated carbocycles. The van der Waals surface area contributed by atoms with Gasteiger partial charge in [-0.05, 0) is 90.8 Å². The summed E-state index contributed by atoms with van der Waals surface area (Å²) in [6.07, 6.45) is 1.84. The van der Waals surface area contributed by atoms with E-state index >= 15 is 0 Å². The Morgan fingerprint density at radius 3 is 1.68 bits per heavy atom. The molecule has 0 spiro atoms. The Morgan fingerprint density at radius 1 is 0.645 bits per heavy atom. The molecule has 19 heteroatoms. The third-order valence-electron chi connectivity index (χ3n) is 9.40. The van der Waals surface area contributed by atoms with Gasteiger partial charge in [-0.3, -0.25) is 29.8 Å². The Hall–Kier alpha value is -5.56. The number of hydrogen-bond donors (Lipinski definition) is 8. The molecule has 0 aliphatic carbocycles. The van der Waals surface area contributed by atoms with E-state index in [2.05, 4.69) is 42.5 Å². The second kappa shape index (κ2) is 23.6. The van der Waals surface area contributed by atoms with Gasteiger partial charge in [0.05, 0.1) is 12.1 Å². The van der Waals surface area contributed by atoms with E-state index in [1.54, 1.807) is 90.1 Å². The van der Waals surface area contributed by atoms with Crippen molar-refractivity contribution in [3.8, 4) is 0 Å². The lowest BCUT2D eigenvalue weighted by Gasteiger charge is -2.22. The lowest BCUT2D eigenvalue weighted by Crippen LogP contribution is -2.38. The minimum atomic E-state index is -0.675. The number of fused-ring (bicyclic) bond motifs is 1. The predicted octanol–water partition coefficient (Wildman–Crippen LogP) is 5.39. The van der Waals surface area contributed by atoms with Crippen molar-refractivity contribution in [1.82, 2.24) is 26.2 Å². The molecule has 2 fully saturated rings. The van der Waals surface area contributed by atoms with Crippen molar-refractivity contribution >= 4 is 76.4 Å². The van der Waals surface area contributed by atoms with Crippen LogP contribution in [0, 0.1) is 0 Å². The van der Waals surface area contributed by atoms with Crippen molar-refractivity contribution in [2.75, 3.05) is 59.7 Å². The van der Waals surface area contributed by atoms with E-state index in [1.807, 2.05) is 16.7 Å². The van der Waals surface area contributed by atoms with Crippen LogP contribution in [-0.2, 0) is 28.7 Å². The Morgan fingerprint density at radius 2 is 1.15 bits per heavy atom. The van der Waals surface area contributed by atoms with Gasteiger partial charge in [0.25, 0.3) is 0 Å². The van der Waals surface area contributed by atoms with E-state index < -0.39 is 23.4 Å². The largest absolute Gasteiger partial charge is 0.444 e. The number of thioether (sulfide) groups is 1. The number of unbranched alkanes of at least 4 members (excludes halogenated alkanes) is 1. The van der Waals surface area contributed by atoms with Gasteiger partial charge >= 0.3 is 18.2 Å². The first kappa shape index (κ1) is 49.1. The Labute approximate surface area is 367 Å². The maximum absolute atomic E-state index is 13.1. The van der Waals surface area contributed by atoms with Crippen LogP contribution in [0.1, 0.15) is 86.5 Å². The zero-order valence-electron chi connectivity index (χ0n) is 36.6. The molecule has 2 aliphatic rings. The predicted molar refractivity (Wildman–Crippen MR) is 240 cm³/mol. The van der Waals surface area contributed by atoms with Crippen molar-refractivity contribution in [3.63, 3.8) is 0 Å². The third kappa shape index (κ3) is 19.0. The minimum Gasteiger partial charge on any atom is -0.444 e. The molecule has 18 nitrogen and oxygen atoms in total. The number of carbonyl (C=O) groups excluding carboxylic acids is 7. The van der Waals surface area contributed by atoms with Crippen LogP contribution in [0.15, 0.2) is 48.5 Å². The zero-order chi connectivity index (χ0) is 45.3. The van der Waals surface area contributed by atoms with Crippen molar-refractivity contribution in [1.29, 1.82) is 0 Å². The highest BCUT2D eigenvalue weighted by Gasteiger charge is 2.42. The van der Waals surface area contributed by atoms with Gasteiger partial charge in [-0.15, -0.1) is 0 Å². The molecule has 0 radical (unpaired) electrons. The molecule has 2 heterocycles. The quantitative estimate of drug-likeness (QED) is 0.0585. The molecule has 8 N–H and O–H groups in total. The minimum absolute atomic E-state index is 0.0675. The summed E-state index contributed by atoms with van der Waals surface area (Å²) in [6, 6.07) is 13.5. The summed E-state index contributed by atoms with van der Waals surface area (Å²) in [5.41, 5.74) is 0.472. The van der Waals surface area contributed by atoms with Crippen molar-refractivity contribution < 1.29 is 43.0 Å². The van der Waals surface area contributed by atoms with Crippen molar-refractivity contribution in [3.05, 3.63) is 48.5 Å². The molecule has 62 heavy (non-hydrogen) atoms. The summed E-state index contributed by atoms with van der Waals surface area (Å²) in [5, 5.41) is 22.9. The highest BCUT2D eigenvalue weighted by atomic mass is 32.2. The molecule has 2 saturated heterocycles. The first-order chi connectivity index (χ1) is 29.3. The van der Waals surface area contributed by atoms with Crippen LogP contribution in [0.5, 0.6) is 0 Å². The Kier molecular flexibility index (Phi) is 18.7. The van der Waals surface area contributed by atoms with E-state index in [4.69, 9.17) is 9.47 Å². The molecular formula is C43H63N9O9S. The highest BCUT2D eigenvalue weighted by Crippen LogP contribution is 2.33. The number of ether oxygens (including phenoxy) is 2. The molecule has 8 amide bonds. The van der Waals surface area contributed by atoms with E-state index in [-0.39, 0.29) is 87.2 Å². The van der Waals surface area contributed by atoms with Crippen molar-refractivity contribution in [2.45, 2.75) is 115 Å². The average Bonchev–Trinajstić information content (AvgIpc) is 3.71. The lowest BCUT2D eigenvalue weighted by molar-refractivity contribution is -0.123. The Balaban J connectivity index is 1.22. The number of rotatable bonds is 21.